The van der Waals surface area contributed by atoms with Crippen LogP contribution in [0.3, 0.4) is 0 Å². The van der Waals surface area contributed by atoms with Crippen LogP contribution in [-0.4, -0.2) is 30.6 Å². The molecule has 0 aliphatic carbocycles. The van der Waals surface area contributed by atoms with E-state index < -0.39 is 16.0 Å². The lowest BCUT2D eigenvalue weighted by molar-refractivity contribution is 0.0697. The molecule has 0 amide bonds. The Hall–Kier alpha value is -4.40. The minimum Gasteiger partial charge on any atom is -0.478 e. The number of carboxylic acid groups (broad SMARTS) is 1. The second-order valence-corrected chi connectivity index (χ2v) is 14.7. The van der Waals surface area contributed by atoms with Crippen molar-refractivity contribution in [3.8, 4) is 0 Å². The van der Waals surface area contributed by atoms with Gasteiger partial charge < -0.3 is 9.67 Å². The van der Waals surface area contributed by atoms with Gasteiger partial charge in [0, 0.05) is 39.6 Å². The molecular formula is C40H36Cl2N2O4S. The zero-order chi connectivity index (χ0) is 34.4. The topological polar surface area (TPSA) is 88.4 Å². The van der Waals surface area contributed by atoms with Crippen LogP contribution in [0, 0.1) is 0 Å². The summed E-state index contributed by atoms with van der Waals surface area (Å²) in [5.41, 5.74) is 7.35. The van der Waals surface area contributed by atoms with Gasteiger partial charge in [0.2, 0.25) is 10.0 Å². The Labute approximate surface area is 297 Å². The Balaban J connectivity index is 1.40. The fourth-order valence-corrected chi connectivity index (χ4v) is 7.92. The molecule has 0 aliphatic heterocycles. The third-order valence-corrected chi connectivity index (χ3v) is 10.6. The van der Waals surface area contributed by atoms with Crippen LogP contribution in [0.25, 0.3) is 10.9 Å². The molecule has 1 heterocycles. The van der Waals surface area contributed by atoms with E-state index in [1.807, 2.05) is 60.7 Å². The standard InChI is InChI=1S/C40H36Cl2N2O4S/c41-33-20-16-29(17-21-33)27-49(47,48)43-25-24-38-35(13-7-8-28-14-18-32(19-15-28)40(45)46)36-26-34(42)22-23-37(36)44(38)39(30-9-3-1-4-10-30)31-11-5-2-6-12-31/h1-6,9-12,14-23,26,39,43H,7-8,13,24-25,27H2,(H,45,46). The molecule has 0 spiro atoms. The van der Waals surface area contributed by atoms with E-state index in [4.69, 9.17) is 23.2 Å². The van der Waals surface area contributed by atoms with Crippen LogP contribution in [0.15, 0.2) is 127 Å². The first-order chi connectivity index (χ1) is 23.7. The Kier molecular flexibility index (Phi) is 10.9. The molecule has 250 valence electrons. The molecule has 9 heteroatoms. The molecule has 6 rings (SSSR count). The lowest BCUT2D eigenvalue weighted by Gasteiger charge is -2.25. The molecule has 1 aromatic heterocycles. The molecule has 2 N–H and O–H groups in total. The second-order valence-electron chi connectivity index (χ2n) is 12.1. The van der Waals surface area contributed by atoms with Crippen molar-refractivity contribution < 1.29 is 18.3 Å². The smallest absolute Gasteiger partial charge is 0.335 e. The van der Waals surface area contributed by atoms with Crippen molar-refractivity contribution >= 4 is 50.1 Å². The van der Waals surface area contributed by atoms with Gasteiger partial charge in [0.15, 0.2) is 0 Å². The van der Waals surface area contributed by atoms with E-state index >= 15 is 0 Å². The van der Waals surface area contributed by atoms with Gasteiger partial charge >= 0.3 is 5.97 Å². The molecular weight excluding hydrogens is 675 g/mol. The van der Waals surface area contributed by atoms with Gasteiger partial charge in [-0.25, -0.2) is 17.9 Å². The minimum atomic E-state index is -3.63. The van der Waals surface area contributed by atoms with E-state index in [-0.39, 0.29) is 23.9 Å². The van der Waals surface area contributed by atoms with Crippen molar-refractivity contribution in [2.45, 2.75) is 37.5 Å². The van der Waals surface area contributed by atoms with E-state index in [9.17, 15) is 18.3 Å². The number of aromatic carboxylic acids is 1. The number of aryl methyl sites for hydroxylation is 2. The molecule has 0 bridgehead atoms. The number of carbonyl (C=O) groups is 1. The number of rotatable bonds is 14. The molecule has 6 nitrogen and oxygen atoms in total. The maximum Gasteiger partial charge on any atom is 0.335 e. The zero-order valence-electron chi connectivity index (χ0n) is 26.7. The maximum atomic E-state index is 13.2. The zero-order valence-corrected chi connectivity index (χ0v) is 29.1. The van der Waals surface area contributed by atoms with Gasteiger partial charge in [0.1, 0.15) is 0 Å². The molecule has 0 saturated carbocycles. The van der Waals surface area contributed by atoms with Gasteiger partial charge in [-0.3, -0.25) is 0 Å². The van der Waals surface area contributed by atoms with Crippen molar-refractivity contribution in [1.29, 1.82) is 0 Å². The number of fused-ring (bicyclic) bond motifs is 1. The van der Waals surface area contributed by atoms with Crippen molar-refractivity contribution in [3.63, 3.8) is 0 Å². The summed E-state index contributed by atoms with van der Waals surface area (Å²) >= 11 is 12.6. The molecule has 0 aliphatic rings. The summed E-state index contributed by atoms with van der Waals surface area (Å²) in [5.74, 6) is -1.09. The second kappa shape index (κ2) is 15.4. The fourth-order valence-electron chi connectivity index (χ4n) is 6.47. The van der Waals surface area contributed by atoms with Gasteiger partial charge in [-0.1, -0.05) is 108 Å². The van der Waals surface area contributed by atoms with Gasteiger partial charge in [-0.2, -0.15) is 0 Å². The van der Waals surface area contributed by atoms with Crippen molar-refractivity contribution in [2.24, 2.45) is 0 Å². The van der Waals surface area contributed by atoms with Gasteiger partial charge in [0.05, 0.1) is 17.4 Å². The number of hydrogen-bond acceptors (Lipinski definition) is 3. The number of benzene rings is 5. The highest BCUT2D eigenvalue weighted by molar-refractivity contribution is 7.88. The van der Waals surface area contributed by atoms with Gasteiger partial charge in [0.25, 0.3) is 0 Å². The van der Waals surface area contributed by atoms with Crippen LogP contribution in [0.2, 0.25) is 10.0 Å². The predicted octanol–water partition coefficient (Wildman–Crippen LogP) is 9.12. The molecule has 49 heavy (non-hydrogen) atoms. The number of sulfonamides is 1. The van der Waals surface area contributed by atoms with Crippen LogP contribution < -0.4 is 4.72 Å². The first kappa shape index (κ1) is 34.5. The summed E-state index contributed by atoms with van der Waals surface area (Å²) in [4.78, 5) is 11.4. The minimum absolute atomic E-state index is 0.146. The summed E-state index contributed by atoms with van der Waals surface area (Å²) in [6.07, 6.45) is 2.72. The van der Waals surface area contributed by atoms with E-state index in [0.29, 0.717) is 28.5 Å². The summed E-state index contributed by atoms with van der Waals surface area (Å²) < 4.78 is 31.7. The lowest BCUT2D eigenvalue weighted by Crippen LogP contribution is -2.28. The van der Waals surface area contributed by atoms with Crippen molar-refractivity contribution in [3.05, 3.63) is 177 Å². The Morgan fingerprint density at radius 2 is 1.31 bits per heavy atom. The lowest BCUT2D eigenvalue weighted by atomic mass is 9.97. The van der Waals surface area contributed by atoms with Crippen LogP contribution >= 0.6 is 23.2 Å². The normalized spacial score (nSPS) is 11.7. The maximum absolute atomic E-state index is 13.2. The highest BCUT2D eigenvalue weighted by atomic mass is 35.5. The number of hydrogen-bond donors (Lipinski definition) is 2. The SMILES string of the molecule is O=C(O)c1ccc(CCCc2c(CCNS(=O)(=O)Cc3ccc(Cl)cc3)n(C(c3ccccc3)c3ccccc3)c3ccc(Cl)cc23)cc1. The average molecular weight is 712 g/mol. The molecule has 0 radical (unpaired) electrons. The molecule has 0 fully saturated rings. The van der Waals surface area contributed by atoms with Gasteiger partial charge in [-0.15, -0.1) is 0 Å². The monoisotopic (exact) mass is 710 g/mol. The number of nitrogens with zero attached hydrogens (tertiary/aromatic N) is 1. The first-order valence-electron chi connectivity index (χ1n) is 16.1. The van der Waals surface area contributed by atoms with E-state index in [0.717, 1.165) is 51.7 Å². The van der Waals surface area contributed by atoms with Crippen molar-refractivity contribution in [1.82, 2.24) is 9.29 Å². The van der Waals surface area contributed by atoms with Crippen molar-refractivity contribution in [2.75, 3.05) is 6.54 Å². The van der Waals surface area contributed by atoms with Crippen LogP contribution in [0.5, 0.6) is 0 Å². The van der Waals surface area contributed by atoms with E-state index in [1.54, 1.807) is 36.4 Å². The van der Waals surface area contributed by atoms with Crippen LogP contribution in [0.4, 0.5) is 0 Å². The number of halogens is 2. The number of nitrogens with one attached hydrogen (secondary N) is 1. The molecule has 0 saturated heterocycles. The quantitative estimate of drug-likeness (QED) is 0.118. The highest BCUT2D eigenvalue weighted by Gasteiger charge is 2.26. The largest absolute Gasteiger partial charge is 0.478 e. The number of carboxylic acids is 1. The molecule has 0 unspecified atom stereocenters. The average Bonchev–Trinajstić information content (AvgIpc) is 3.38. The summed E-state index contributed by atoms with van der Waals surface area (Å²) in [7, 11) is -3.63. The van der Waals surface area contributed by atoms with Gasteiger partial charge in [-0.05, 0) is 89.5 Å². The third kappa shape index (κ3) is 8.43. The summed E-state index contributed by atoms with van der Waals surface area (Å²) in [5, 5.41) is 11.5. The molecule has 6 aromatic rings. The number of aromatic nitrogens is 1. The molecule has 0 atom stereocenters. The highest BCUT2D eigenvalue weighted by Crippen LogP contribution is 2.38. The first-order valence-corrected chi connectivity index (χ1v) is 18.5. The Morgan fingerprint density at radius 1 is 0.714 bits per heavy atom. The van der Waals surface area contributed by atoms with E-state index in [2.05, 4.69) is 39.6 Å². The predicted molar refractivity (Wildman–Crippen MR) is 198 cm³/mol. The summed E-state index contributed by atoms with van der Waals surface area (Å²) in [6, 6.07) is 40.3. The Morgan fingerprint density at radius 3 is 1.92 bits per heavy atom. The Bertz CT molecular complexity index is 2110. The van der Waals surface area contributed by atoms with Crippen LogP contribution in [-0.2, 0) is 35.0 Å². The summed E-state index contributed by atoms with van der Waals surface area (Å²) in [6.45, 7) is 0.208. The molecule has 5 aromatic carbocycles. The van der Waals surface area contributed by atoms with E-state index in [1.165, 1.54) is 0 Å². The fraction of sp³-hybridized carbons (Fsp3) is 0.175. The van der Waals surface area contributed by atoms with Crippen LogP contribution in [0.1, 0.15) is 56.3 Å². The third-order valence-electron chi connectivity index (χ3n) is 8.72.